The third-order valence-corrected chi connectivity index (χ3v) is 3.25. The first-order valence-corrected chi connectivity index (χ1v) is 6.25. The van der Waals surface area contributed by atoms with Crippen LogP contribution < -0.4 is 10.1 Å². The van der Waals surface area contributed by atoms with Crippen LogP contribution in [-0.2, 0) is 4.74 Å². The number of nitrogens with zero attached hydrogens (tertiary/aromatic N) is 1. The number of hydrogen-bond donors (Lipinski definition) is 1. The summed E-state index contributed by atoms with van der Waals surface area (Å²) in [5, 5.41) is 2.88. The van der Waals surface area contributed by atoms with E-state index in [-0.39, 0.29) is 11.6 Å². The topological polar surface area (TPSA) is 50.8 Å². The quantitative estimate of drug-likeness (QED) is 0.893. The van der Waals surface area contributed by atoms with Gasteiger partial charge in [0.1, 0.15) is 12.5 Å². The SMILES string of the molecule is COc1ccc(C)cc1NC(=O)N1COCC1(C)C. The Balaban J connectivity index is 2.17. The Morgan fingerprint density at radius 3 is 2.79 bits per heavy atom. The standard InChI is InChI=1S/C14H20N2O3/c1-10-5-6-12(18-4)11(7-10)15-13(17)16-9-19-8-14(16,2)3/h5-7H,8-9H2,1-4H3,(H,15,17). The minimum absolute atomic E-state index is 0.175. The third-order valence-electron chi connectivity index (χ3n) is 3.25. The Kier molecular flexibility index (Phi) is 3.66. The van der Waals surface area contributed by atoms with Gasteiger partial charge in [-0.3, -0.25) is 4.90 Å². The Bertz CT molecular complexity index is 486. The zero-order chi connectivity index (χ0) is 14.0. The van der Waals surface area contributed by atoms with Crippen molar-refractivity contribution in [2.45, 2.75) is 26.3 Å². The fourth-order valence-electron chi connectivity index (χ4n) is 2.08. The molecule has 2 amide bonds. The number of aryl methyl sites for hydroxylation is 1. The van der Waals surface area contributed by atoms with Gasteiger partial charge in [-0.05, 0) is 38.5 Å². The number of benzene rings is 1. The van der Waals surface area contributed by atoms with Crippen molar-refractivity contribution in [2.24, 2.45) is 0 Å². The molecule has 5 heteroatoms. The molecule has 1 fully saturated rings. The molecule has 0 radical (unpaired) electrons. The molecule has 1 aromatic carbocycles. The smallest absolute Gasteiger partial charge is 0.324 e. The molecule has 1 N–H and O–H groups in total. The van der Waals surface area contributed by atoms with Crippen LogP contribution in [-0.4, -0.2) is 36.9 Å². The number of methoxy groups -OCH3 is 1. The van der Waals surface area contributed by atoms with Gasteiger partial charge in [0.15, 0.2) is 0 Å². The van der Waals surface area contributed by atoms with Crippen molar-refractivity contribution in [3.05, 3.63) is 23.8 Å². The second kappa shape index (κ2) is 5.09. The number of urea groups is 1. The summed E-state index contributed by atoms with van der Waals surface area (Å²) in [7, 11) is 1.59. The predicted octanol–water partition coefficient (Wildman–Crippen LogP) is 2.60. The monoisotopic (exact) mass is 264 g/mol. The largest absolute Gasteiger partial charge is 0.495 e. The lowest BCUT2D eigenvalue weighted by atomic mass is 10.1. The van der Waals surface area contributed by atoms with Crippen LogP contribution in [0.2, 0.25) is 0 Å². The number of ether oxygens (including phenoxy) is 2. The molecule has 1 aliphatic rings. The maximum absolute atomic E-state index is 12.3. The van der Waals surface area contributed by atoms with Gasteiger partial charge >= 0.3 is 6.03 Å². The molecule has 0 spiro atoms. The average molecular weight is 264 g/mol. The second-order valence-corrected chi connectivity index (χ2v) is 5.35. The van der Waals surface area contributed by atoms with Gasteiger partial charge in [0.25, 0.3) is 0 Å². The molecule has 0 bridgehead atoms. The molecule has 0 unspecified atom stereocenters. The Morgan fingerprint density at radius 2 is 2.21 bits per heavy atom. The highest BCUT2D eigenvalue weighted by Gasteiger charge is 2.36. The summed E-state index contributed by atoms with van der Waals surface area (Å²) in [6.45, 7) is 6.79. The van der Waals surface area contributed by atoms with E-state index in [0.29, 0.717) is 24.8 Å². The first-order valence-electron chi connectivity index (χ1n) is 6.25. The summed E-state index contributed by atoms with van der Waals surface area (Å²) < 4.78 is 10.6. The number of carbonyl (C=O) groups excluding carboxylic acids is 1. The molecule has 0 aliphatic carbocycles. The highest BCUT2D eigenvalue weighted by molar-refractivity contribution is 5.91. The van der Waals surface area contributed by atoms with Gasteiger partial charge in [0.2, 0.25) is 0 Å². The molecule has 0 atom stereocenters. The molecule has 0 saturated carbocycles. The van der Waals surface area contributed by atoms with E-state index >= 15 is 0 Å². The first-order chi connectivity index (χ1) is 8.94. The van der Waals surface area contributed by atoms with E-state index < -0.39 is 0 Å². The van der Waals surface area contributed by atoms with E-state index in [9.17, 15) is 4.79 Å². The molecular weight excluding hydrogens is 244 g/mol. The number of anilines is 1. The van der Waals surface area contributed by atoms with E-state index in [4.69, 9.17) is 9.47 Å². The van der Waals surface area contributed by atoms with Gasteiger partial charge < -0.3 is 14.8 Å². The second-order valence-electron chi connectivity index (χ2n) is 5.35. The van der Waals surface area contributed by atoms with Crippen LogP contribution in [0.3, 0.4) is 0 Å². The molecule has 0 aromatic heterocycles. The number of amides is 2. The van der Waals surface area contributed by atoms with Crippen molar-refractivity contribution in [3.63, 3.8) is 0 Å². The maximum atomic E-state index is 12.3. The fraction of sp³-hybridized carbons (Fsp3) is 0.500. The summed E-state index contributed by atoms with van der Waals surface area (Å²) in [5.41, 5.74) is 1.45. The van der Waals surface area contributed by atoms with E-state index in [2.05, 4.69) is 5.32 Å². The van der Waals surface area contributed by atoms with E-state index in [0.717, 1.165) is 5.56 Å². The minimum atomic E-state index is -0.291. The summed E-state index contributed by atoms with van der Waals surface area (Å²) in [6.07, 6.45) is 0. The Labute approximate surface area is 113 Å². The lowest BCUT2D eigenvalue weighted by Gasteiger charge is -2.29. The normalized spacial score (nSPS) is 17.4. The third kappa shape index (κ3) is 2.81. The van der Waals surface area contributed by atoms with Crippen molar-refractivity contribution in [1.29, 1.82) is 0 Å². The number of carbonyl (C=O) groups is 1. The van der Waals surface area contributed by atoms with E-state index in [1.54, 1.807) is 12.0 Å². The maximum Gasteiger partial charge on any atom is 0.324 e. The lowest BCUT2D eigenvalue weighted by molar-refractivity contribution is 0.147. The summed E-state index contributed by atoms with van der Waals surface area (Å²) in [4.78, 5) is 14.0. The number of rotatable bonds is 2. The molecule has 2 rings (SSSR count). The summed E-state index contributed by atoms with van der Waals surface area (Å²) >= 11 is 0. The van der Waals surface area contributed by atoms with Crippen molar-refractivity contribution in [1.82, 2.24) is 4.90 Å². The minimum Gasteiger partial charge on any atom is -0.495 e. The Morgan fingerprint density at radius 1 is 1.47 bits per heavy atom. The van der Waals surface area contributed by atoms with Crippen LogP contribution in [0, 0.1) is 6.92 Å². The lowest BCUT2D eigenvalue weighted by Crippen LogP contribution is -2.46. The van der Waals surface area contributed by atoms with Gasteiger partial charge in [-0.2, -0.15) is 0 Å². The van der Waals surface area contributed by atoms with Crippen LogP contribution in [0.5, 0.6) is 5.75 Å². The molecule has 1 aliphatic heterocycles. The fourth-order valence-corrected chi connectivity index (χ4v) is 2.08. The van der Waals surface area contributed by atoms with Gasteiger partial charge in [0.05, 0.1) is 24.9 Å². The van der Waals surface area contributed by atoms with Gasteiger partial charge in [-0.25, -0.2) is 4.79 Å². The molecule has 1 saturated heterocycles. The van der Waals surface area contributed by atoms with Crippen LogP contribution in [0.1, 0.15) is 19.4 Å². The molecule has 1 aromatic rings. The van der Waals surface area contributed by atoms with Gasteiger partial charge in [-0.15, -0.1) is 0 Å². The van der Waals surface area contributed by atoms with Gasteiger partial charge in [0, 0.05) is 0 Å². The molecular formula is C14H20N2O3. The zero-order valence-corrected chi connectivity index (χ0v) is 11.8. The van der Waals surface area contributed by atoms with Crippen LogP contribution >= 0.6 is 0 Å². The molecule has 19 heavy (non-hydrogen) atoms. The summed E-state index contributed by atoms with van der Waals surface area (Å²) in [5.74, 6) is 0.650. The molecule has 1 heterocycles. The number of nitrogens with one attached hydrogen (secondary N) is 1. The van der Waals surface area contributed by atoms with Crippen molar-refractivity contribution >= 4 is 11.7 Å². The highest BCUT2D eigenvalue weighted by atomic mass is 16.5. The van der Waals surface area contributed by atoms with Crippen LogP contribution in [0.15, 0.2) is 18.2 Å². The van der Waals surface area contributed by atoms with E-state index in [1.807, 2.05) is 39.0 Å². The summed E-state index contributed by atoms with van der Waals surface area (Å²) in [6, 6.07) is 5.50. The molecule has 5 nitrogen and oxygen atoms in total. The van der Waals surface area contributed by atoms with Gasteiger partial charge in [-0.1, -0.05) is 6.07 Å². The molecule has 104 valence electrons. The van der Waals surface area contributed by atoms with E-state index in [1.165, 1.54) is 0 Å². The number of hydrogen-bond acceptors (Lipinski definition) is 3. The first kappa shape index (κ1) is 13.7. The predicted molar refractivity (Wildman–Crippen MR) is 73.5 cm³/mol. The average Bonchev–Trinajstić information content (AvgIpc) is 2.69. The van der Waals surface area contributed by atoms with Crippen molar-refractivity contribution < 1.29 is 14.3 Å². The van der Waals surface area contributed by atoms with Crippen LogP contribution in [0.4, 0.5) is 10.5 Å². The Hall–Kier alpha value is -1.75. The van der Waals surface area contributed by atoms with Crippen molar-refractivity contribution in [3.8, 4) is 5.75 Å². The van der Waals surface area contributed by atoms with Crippen molar-refractivity contribution in [2.75, 3.05) is 25.8 Å². The van der Waals surface area contributed by atoms with Crippen LogP contribution in [0.25, 0.3) is 0 Å². The zero-order valence-electron chi connectivity index (χ0n) is 11.8. The highest BCUT2D eigenvalue weighted by Crippen LogP contribution is 2.27.